The summed E-state index contributed by atoms with van der Waals surface area (Å²) in [6.07, 6.45) is 2.99. The molecule has 25 heavy (non-hydrogen) atoms. The number of nitrogens with one attached hydrogen (secondary N) is 2. The zero-order chi connectivity index (χ0) is 18.1. The van der Waals surface area contributed by atoms with Crippen LogP contribution in [-0.2, 0) is 17.0 Å². The van der Waals surface area contributed by atoms with Crippen LogP contribution in [0, 0.1) is 0 Å². The first-order valence-electron chi connectivity index (χ1n) is 8.35. The molecule has 8 heteroatoms. The van der Waals surface area contributed by atoms with E-state index in [0.717, 1.165) is 24.4 Å². The molecule has 134 valence electrons. The van der Waals surface area contributed by atoms with Crippen LogP contribution in [0.15, 0.2) is 35.5 Å². The van der Waals surface area contributed by atoms with Crippen molar-refractivity contribution in [1.82, 2.24) is 20.2 Å². The van der Waals surface area contributed by atoms with E-state index >= 15 is 0 Å². The highest BCUT2D eigenvalue weighted by Gasteiger charge is 2.13. The van der Waals surface area contributed by atoms with Crippen LogP contribution in [0.1, 0.15) is 44.5 Å². The zero-order valence-corrected chi connectivity index (χ0v) is 16.1. The summed E-state index contributed by atoms with van der Waals surface area (Å²) in [6.45, 7) is 4.04. The minimum Gasteiger partial charge on any atom is -0.302 e. The maximum absolute atomic E-state index is 11.8. The molecule has 1 aromatic carbocycles. The number of carbonyl (C=O) groups excluding carboxylic acids is 1. The largest absolute Gasteiger partial charge is 0.302 e. The van der Waals surface area contributed by atoms with Gasteiger partial charge in [0.05, 0.1) is 0 Å². The fourth-order valence-electron chi connectivity index (χ4n) is 2.11. The van der Waals surface area contributed by atoms with E-state index in [4.69, 9.17) is 12.2 Å². The van der Waals surface area contributed by atoms with Gasteiger partial charge < -0.3 is 5.32 Å². The molecule has 0 bridgehead atoms. The normalized spacial score (nSPS) is 10.5. The number of carbonyl (C=O) groups is 1. The van der Waals surface area contributed by atoms with Crippen molar-refractivity contribution in [3.8, 4) is 0 Å². The Labute approximate surface area is 157 Å². The lowest BCUT2D eigenvalue weighted by molar-refractivity contribution is -0.119. The maximum atomic E-state index is 11.8. The van der Waals surface area contributed by atoms with Crippen molar-refractivity contribution in [3.05, 3.63) is 41.7 Å². The summed E-state index contributed by atoms with van der Waals surface area (Å²) >= 11 is 6.81. The first-order valence-corrected chi connectivity index (χ1v) is 9.75. The summed E-state index contributed by atoms with van der Waals surface area (Å²) in [6, 6.07) is 10.2. The molecule has 0 radical (unpaired) electrons. The van der Waals surface area contributed by atoms with E-state index in [2.05, 4.69) is 33.1 Å². The molecule has 0 fully saturated rings. The van der Waals surface area contributed by atoms with E-state index in [1.165, 1.54) is 5.56 Å². The van der Waals surface area contributed by atoms with Crippen LogP contribution < -0.4 is 10.7 Å². The Morgan fingerprint density at radius 1 is 1.24 bits per heavy atom. The molecule has 0 spiro atoms. The Bertz CT molecular complexity index is 702. The molecule has 0 aliphatic rings. The topological polar surface area (TPSA) is 71.8 Å². The molecule has 0 unspecified atom stereocenters. The van der Waals surface area contributed by atoms with Gasteiger partial charge in [-0.25, -0.2) is 4.68 Å². The number of benzene rings is 1. The molecule has 6 nitrogen and oxygen atoms in total. The minimum atomic E-state index is -0.0797. The molecule has 0 aliphatic carbocycles. The highest BCUT2D eigenvalue weighted by molar-refractivity contribution is 7.98. The average Bonchev–Trinajstić information content (AvgIpc) is 3.00. The quantitative estimate of drug-likeness (QED) is 0.543. The molecule has 1 heterocycles. The van der Waals surface area contributed by atoms with Gasteiger partial charge in [0.2, 0.25) is 11.1 Å². The second-order valence-electron chi connectivity index (χ2n) is 5.45. The van der Waals surface area contributed by atoms with Crippen molar-refractivity contribution in [2.45, 2.75) is 50.4 Å². The molecule has 2 N–H and O–H groups in total. The molecule has 1 aromatic heterocycles. The summed E-state index contributed by atoms with van der Waals surface area (Å²) in [5, 5.41) is 12.1. The fourth-order valence-corrected chi connectivity index (χ4v) is 3.19. The first kappa shape index (κ1) is 19.4. The number of hydrogen-bond donors (Lipinski definition) is 2. The monoisotopic (exact) mass is 377 g/mol. The van der Waals surface area contributed by atoms with Crippen LogP contribution in [0.4, 0.5) is 0 Å². The number of aryl methyl sites for hydroxylation is 1. The van der Waals surface area contributed by atoms with Crippen LogP contribution in [0.5, 0.6) is 0 Å². The lowest BCUT2D eigenvalue weighted by atomic mass is 10.2. The van der Waals surface area contributed by atoms with Gasteiger partial charge in [0.1, 0.15) is 0 Å². The number of nitrogens with zero attached hydrogens (tertiary/aromatic N) is 3. The van der Waals surface area contributed by atoms with Gasteiger partial charge in [-0.3, -0.25) is 10.2 Å². The molecular formula is C17H23N5OS2. The predicted octanol–water partition coefficient (Wildman–Crippen LogP) is 3.27. The third-order valence-electron chi connectivity index (χ3n) is 3.45. The van der Waals surface area contributed by atoms with E-state index < -0.39 is 0 Å². The number of rotatable bonds is 8. The number of thioether (sulfide) groups is 1. The van der Waals surface area contributed by atoms with Gasteiger partial charge in [-0.2, -0.15) is 0 Å². The van der Waals surface area contributed by atoms with E-state index in [9.17, 15) is 4.79 Å². The molecule has 0 aliphatic heterocycles. The van der Waals surface area contributed by atoms with E-state index in [-0.39, 0.29) is 11.0 Å². The standard InChI is InChI=1S/C17H23N5OS2/c1-3-5-11-15(23)18-16(24)21-22-14(4-2)19-20-17(22)25-12-13-9-7-6-8-10-13/h6-10H,3-5,11-12H2,1-2H3,(H2,18,21,23,24). The Kier molecular flexibility index (Phi) is 7.87. The van der Waals surface area contributed by atoms with Crippen molar-refractivity contribution >= 4 is 35.0 Å². The van der Waals surface area contributed by atoms with Gasteiger partial charge in [0.15, 0.2) is 10.9 Å². The molecule has 0 saturated heterocycles. The SMILES string of the molecule is CCCCC(=O)NC(=S)Nn1c(CC)nnc1SCc1ccccc1. The van der Waals surface area contributed by atoms with Crippen molar-refractivity contribution in [2.24, 2.45) is 0 Å². The number of aromatic nitrogens is 3. The van der Waals surface area contributed by atoms with E-state index in [1.807, 2.05) is 32.0 Å². The van der Waals surface area contributed by atoms with Crippen molar-refractivity contribution in [2.75, 3.05) is 5.43 Å². The van der Waals surface area contributed by atoms with Gasteiger partial charge in [0.25, 0.3) is 0 Å². The lowest BCUT2D eigenvalue weighted by Crippen LogP contribution is -2.38. The Balaban J connectivity index is 1.99. The second-order valence-corrected chi connectivity index (χ2v) is 6.81. The number of hydrogen-bond acceptors (Lipinski definition) is 5. The summed E-state index contributed by atoms with van der Waals surface area (Å²) in [5.41, 5.74) is 4.23. The average molecular weight is 378 g/mol. The van der Waals surface area contributed by atoms with Crippen LogP contribution >= 0.6 is 24.0 Å². The fraction of sp³-hybridized carbons (Fsp3) is 0.412. The number of unbranched alkanes of at least 4 members (excludes halogenated alkanes) is 1. The lowest BCUT2D eigenvalue weighted by Gasteiger charge is -2.13. The molecule has 2 aromatic rings. The summed E-state index contributed by atoms with van der Waals surface area (Å²) < 4.78 is 1.75. The highest BCUT2D eigenvalue weighted by Crippen LogP contribution is 2.21. The maximum Gasteiger partial charge on any atom is 0.226 e. The van der Waals surface area contributed by atoms with Crippen LogP contribution in [0.3, 0.4) is 0 Å². The van der Waals surface area contributed by atoms with Gasteiger partial charge in [0, 0.05) is 18.6 Å². The third kappa shape index (κ3) is 6.13. The van der Waals surface area contributed by atoms with Crippen molar-refractivity contribution < 1.29 is 4.79 Å². The molecular weight excluding hydrogens is 354 g/mol. The zero-order valence-electron chi connectivity index (χ0n) is 14.5. The van der Waals surface area contributed by atoms with Gasteiger partial charge >= 0.3 is 0 Å². The van der Waals surface area contributed by atoms with Gasteiger partial charge in [-0.1, -0.05) is 62.4 Å². The molecule has 2 rings (SSSR count). The number of thiocarbonyl (C=S) groups is 1. The van der Waals surface area contributed by atoms with Crippen LogP contribution in [0.25, 0.3) is 0 Å². The van der Waals surface area contributed by atoms with Crippen molar-refractivity contribution in [1.29, 1.82) is 0 Å². The third-order valence-corrected chi connectivity index (χ3v) is 4.64. The highest BCUT2D eigenvalue weighted by atomic mass is 32.2. The molecule has 0 saturated carbocycles. The Morgan fingerprint density at radius 2 is 2.00 bits per heavy atom. The molecule has 0 atom stereocenters. The van der Waals surface area contributed by atoms with Crippen LogP contribution in [-0.4, -0.2) is 25.9 Å². The second kappa shape index (κ2) is 10.1. The number of amides is 1. The van der Waals surface area contributed by atoms with Crippen LogP contribution in [0.2, 0.25) is 0 Å². The van der Waals surface area contributed by atoms with Gasteiger partial charge in [-0.15, -0.1) is 10.2 Å². The van der Waals surface area contributed by atoms with Crippen molar-refractivity contribution in [3.63, 3.8) is 0 Å². The van der Waals surface area contributed by atoms with Gasteiger partial charge in [-0.05, 0) is 24.2 Å². The predicted molar refractivity (Wildman–Crippen MR) is 105 cm³/mol. The minimum absolute atomic E-state index is 0.0797. The van der Waals surface area contributed by atoms with E-state index in [0.29, 0.717) is 18.0 Å². The summed E-state index contributed by atoms with van der Waals surface area (Å²) in [5.74, 6) is 1.46. The summed E-state index contributed by atoms with van der Waals surface area (Å²) in [4.78, 5) is 11.8. The summed E-state index contributed by atoms with van der Waals surface area (Å²) in [7, 11) is 0. The smallest absolute Gasteiger partial charge is 0.226 e. The van der Waals surface area contributed by atoms with E-state index in [1.54, 1.807) is 16.4 Å². The Morgan fingerprint density at radius 3 is 2.68 bits per heavy atom. The Hall–Kier alpha value is -1.93. The molecule has 1 amide bonds. The first-order chi connectivity index (χ1) is 12.1.